The van der Waals surface area contributed by atoms with Crippen molar-refractivity contribution in [3.63, 3.8) is 0 Å². The molecule has 24 heavy (non-hydrogen) atoms. The molecule has 3 rings (SSSR count). The van der Waals surface area contributed by atoms with Crippen molar-refractivity contribution >= 4 is 20.8 Å². The van der Waals surface area contributed by atoms with Gasteiger partial charge in [0, 0.05) is 0 Å². The van der Waals surface area contributed by atoms with E-state index in [-0.39, 0.29) is 15.9 Å². The molecule has 3 aromatic rings. The van der Waals surface area contributed by atoms with Gasteiger partial charge in [-0.3, -0.25) is 0 Å². The molecule has 0 aliphatic rings. The SMILES string of the molecule is Cc1ccc(S(=O)(=O)c2c(O)c3c(C)cc(C)cc3oc2=O)cc1. The second kappa shape index (κ2) is 5.49. The third kappa shape index (κ3) is 2.49. The van der Waals surface area contributed by atoms with E-state index in [4.69, 9.17) is 4.42 Å². The summed E-state index contributed by atoms with van der Waals surface area (Å²) < 4.78 is 30.7. The molecule has 1 N–H and O–H groups in total. The maximum Gasteiger partial charge on any atom is 0.359 e. The molecule has 0 unspecified atom stereocenters. The zero-order chi connectivity index (χ0) is 17.6. The lowest BCUT2D eigenvalue weighted by Crippen LogP contribution is -2.15. The van der Waals surface area contributed by atoms with Crippen molar-refractivity contribution < 1.29 is 17.9 Å². The van der Waals surface area contributed by atoms with Crippen molar-refractivity contribution in [1.82, 2.24) is 0 Å². The van der Waals surface area contributed by atoms with Gasteiger partial charge >= 0.3 is 5.63 Å². The fraction of sp³-hybridized carbons (Fsp3) is 0.167. The summed E-state index contributed by atoms with van der Waals surface area (Å²) in [5.74, 6) is -0.570. The maximum atomic E-state index is 12.8. The highest BCUT2D eigenvalue weighted by atomic mass is 32.2. The van der Waals surface area contributed by atoms with Crippen LogP contribution in [0.15, 0.2) is 55.4 Å². The van der Waals surface area contributed by atoms with Gasteiger partial charge < -0.3 is 9.52 Å². The van der Waals surface area contributed by atoms with Crippen LogP contribution in [0, 0.1) is 20.8 Å². The maximum absolute atomic E-state index is 12.8. The monoisotopic (exact) mass is 344 g/mol. The standard InChI is InChI=1S/C18H16O5S/c1-10-4-6-13(7-5-10)24(21,22)17-16(19)15-12(3)8-11(2)9-14(15)23-18(17)20/h4-9,19H,1-3H3. The molecule has 0 saturated heterocycles. The first kappa shape index (κ1) is 16.3. The van der Waals surface area contributed by atoms with Gasteiger partial charge in [0.2, 0.25) is 9.84 Å². The average molecular weight is 344 g/mol. The Morgan fingerprint density at radius 2 is 1.58 bits per heavy atom. The van der Waals surface area contributed by atoms with E-state index < -0.39 is 26.1 Å². The number of aromatic hydroxyl groups is 1. The lowest BCUT2D eigenvalue weighted by Gasteiger charge is -2.10. The minimum atomic E-state index is -4.19. The van der Waals surface area contributed by atoms with Gasteiger partial charge in [0.25, 0.3) is 0 Å². The molecule has 0 aliphatic heterocycles. The molecule has 0 amide bonds. The molecule has 0 bridgehead atoms. The van der Waals surface area contributed by atoms with E-state index in [9.17, 15) is 18.3 Å². The van der Waals surface area contributed by atoms with Crippen LogP contribution in [-0.4, -0.2) is 13.5 Å². The van der Waals surface area contributed by atoms with Gasteiger partial charge in [-0.05, 0) is 50.1 Å². The van der Waals surface area contributed by atoms with Crippen LogP contribution in [0.1, 0.15) is 16.7 Å². The summed E-state index contributed by atoms with van der Waals surface area (Å²) in [5.41, 5.74) is 1.45. The van der Waals surface area contributed by atoms with Crippen LogP contribution in [-0.2, 0) is 9.84 Å². The molecule has 1 heterocycles. The Balaban J connectivity index is 2.38. The molecular weight excluding hydrogens is 328 g/mol. The van der Waals surface area contributed by atoms with Crippen molar-refractivity contribution in [3.8, 4) is 5.75 Å². The first-order valence-electron chi connectivity index (χ1n) is 7.30. The van der Waals surface area contributed by atoms with Crippen LogP contribution in [0.5, 0.6) is 5.75 Å². The van der Waals surface area contributed by atoms with Crippen molar-refractivity contribution in [2.45, 2.75) is 30.6 Å². The van der Waals surface area contributed by atoms with Crippen LogP contribution in [0.25, 0.3) is 11.0 Å². The fourth-order valence-corrected chi connectivity index (χ4v) is 4.09. The molecule has 0 fully saturated rings. The molecule has 124 valence electrons. The van der Waals surface area contributed by atoms with E-state index >= 15 is 0 Å². The third-order valence-electron chi connectivity index (χ3n) is 3.88. The number of sulfone groups is 1. The van der Waals surface area contributed by atoms with Gasteiger partial charge in [0.1, 0.15) is 5.58 Å². The number of rotatable bonds is 2. The summed E-state index contributed by atoms with van der Waals surface area (Å²) in [6.07, 6.45) is 0. The summed E-state index contributed by atoms with van der Waals surface area (Å²) in [4.78, 5) is 11.5. The van der Waals surface area contributed by atoms with E-state index in [1.807, 2.05) is 13.8 Å². The predicted octanol–water partition coefficient (Wildman–Crippen LogP) is 3.26. The normalized spacial score (nSPS) is 11.8. The number of hydrogen-bond acceptors (Lipinski definition) is 5. The average Bonchev–Trinajstić information content (AvgIpc) is 2.45. The van der Waals surface area contributed by atoms with Crippen molar-refractivity contribution in [1.29, 1.82) is 0 Å². The minimum absolute atomic E-state index is 0.0696. The lowest BCUT2D eigenvalue weighted by molar-refractivity contribution is 0.441. The summed E-state index contributed by atoms with van der Waals surface area (Å²) >= 11 is 0. The quantitative estimate of drug-likeness (QED) is 0.721. The first-order valence-corrected chi connectivity index (χ1v) is 8.79. The number of aryl methyl sites for hydroxylation is 3. The van der Waals surface area contributed by atoms with Crippen LogP contribution < -0.4 is 5.63 Å². The zero-order valence-electron chi connectivity index (χ0n) is 13.5. The summed E-state index contributed by atoms with van der Waals surface area (Å²) in [7, 11) is -4.19. The highest BCUT2D eigenvalue weighted by Gasteiger charge is 2.29. The second-order valence-electron chi connectivity index (χ2n) is 5.84. The Kier molecular flexibility index (Phi) is 3.72. The molecule has 0 atom stereocenters. The third-order valence-corrected chi connectivity index (χ3v) is 5.67. The van der Waals surface area contributed by atoms with Crippen LogP contribution in [0.4, 0.5) is 0 Å². The number of fused-ring (bicyclic) bond motifs is 1. The largest absolute Gasteiger partial charge is 0.506 e. The summed E-state index contributed by atoms with van der Waals surface area (Å²) in [6, 6.07) is 9.42. The van der Waals surface area contributed by atoms with E-state index in [0.717, 1.165) is 11.1 Å². The van der Waals surface area contributed by atoms with E-state index in [2.05, 4.69) is 0 Å². The molecule has 6 heteroatoms. The van der Waals surface area contributed by atoms with Crippen LogP contribution in [0.2, 0.25) is 0 Å². The Morgan fingerprint density at radius 3 is 2.21 bits per heavy atom. The zero-order valence-corrected chi connectivity index (χ0v) is 14.3. The van der Waals surface area contributed by atoms with Crippen LogP contribution in [0.3, 0.4) is 0 Å². The Labute approximate surface area is 139 Å². The molecule has 0 spiro atoms. The Morgan fingerprint density at radius 1 is 0.958 bits per heavy atom. The number of benzene rings is 2. The van der Waals surface area contributed by atoms with Crippen molar-refractivity contribution in [3.05, 3.63) is 63.5 Å². The topological polar surface area (TPSA) is 84.6 Å². The second-order valence-corrected chi connectivity index (χ2v) is 7.73. The summed E-state index contributed by atoms with van der Waals surface area (Å²) in [6.45, 7) is 5.36. The molecule has 0 radical (unpaired) electrons. The molecule has 0 saturated carbocycles. The smallest absolute Gasteiger partial charge is 0.359 e. The van der Waals surface area contributed by atoms with Gasteiger partial charge in [-0.25, -0.2) is 13.2 Å². The van der Waals surface area contributed by atoms with Gasteiger partial charge in [-0.2, -0.15) is 0 Å². The highest BCUT2D eigenvalue weighted by molar-refractivity contribution is 7.91. The Hall–Kier alpha value is -2.60. The fourth-order valence-electron chi connectivity index (χ4n) is 2.74. The molecule has 5 nitrogen and oxygen atoms in total. The van der Waals surface area contributed by atoms with Gasteiger partial charge in [-0.1, -0.05) is 23.8 Å². The van der Waals surface area contributed by atoms with Crippen LogP contribution >= 0.6 is 0 Å². The van der Waals surface area contributed by atoms with E-state index in [0.29, 0.717) is 5.56 Å². The van der Waals surface area contributed by atoms with E-state index in [1.54, 1.807) is 31.2 Å². The van der Waals surface area contributed by atoms with E-state index in [1.165, 1.54) is 12.1 Å². The van der Waals surface area contributed by atoms with Gasteiger partial charge in [0.15, 0.2) is 10.6 Å². The minimum Gasteiger partial charge on any atom is -0.506 e. The summed E-state index contributed by atoms with van der Waals surface area (Å²) in [5, 5.41) is 10.7. The predicted molar refractivity (Wildman–Crippen MR) is 90.3 cm³/mol. The first-order chi connectivity index (χ1) is 11.2. The Bertz CT molecular complexity index is 1110. The number of hydrogen-bond donors (Lipinski definition) is 1. The van der Waals surface area contributed by atoms with Crippen molar-refractivity contribution in [2.24, 2.45) is 0 Å². The lowest BCUT2D eigenvalue weighted by atomic mass is 10.1. The molecular formula is C18H16O5S. The van der Waals surface area contributed by atoms with Gasteiger partial charge in [-0.15, -0.1) is 0 Å². The molecule has 1 aromatic heterocycles. The molecule has 2 aromatic carbocycles. The highest BCUT2D eigenvalue weighted by Crippen LogP contribution is 2.34. The van der Waals surface area contributed by atoms with Gasteiger partial charge in [0.05, 0.1) is 10.3 Å². The molecule has 0 aliphatic carbocycles. The van der Waals surface area contributed by atoms with Crippen molar-refractivity contribution in [2.75, 3.05) is 0 Å².